The van der Waals surface area contributed by atoms with Crippen molar-refractivity contribution >= 4 is 0 Å². The average molecular weight is 253 g/mol. The second-order valence-corrected chi connectivity index (χ2v) is 4.17. The van der Waals surface area contributed by atoms with Gasteiger partial charge in [0.05, 0.1) is 19.8 Å². The predicted octanol–water partition coefficient (Wildman–Crippen LogP) is 1.70. The lowest BCUT2D eigenvalue weighted by molar-refractivity contribution is 0.0920. The third-order valence-corrected chi connectivity index (χ3v) is 2.99. The molecule has 18 heavy (non-hydrogen) atoms. The zero-order chi connectivity index (χ0) is 13.4. The van der Waals surface area contributed by atoms with Gasteiger partial charge in [-0.15, -0.1) is 0 Å². The van der Waals surface area contributed by atoms with Crippen LogP contribution in [0.2, 0.25) is 0 Å². The number of rotatable bonds is 8. The quantitative estimate of drug-likeness (QED) is 0.765. The van der Waals surface area contributed by atoms with Crippen LogP contribution in [0.5, 0.6) is 5.75 Å². The highest BCUT2D eigenvalue weighted by atomic mass is 16.5. The number of benzene rings is 1. The minimum Gasteiger partial charge on any atom is -0.497 e. The molecule has 0 radical (unpaired) electrons. The van der Waals surface area contributed by atoms with Crippen molar-refractivity contribution in [3.63, 3.8) is 0 Å². The fourth-order valence-electron chi connectivity index (χ4n) is 1.77. The summed E-state index contributed by atoms with van der Waals surface area (Å²) < 4.78 is 10.1. The van der Waals surface area contributed by atoms with E-state index in [1.54, 1.807) is 14.2 Å². The molecule has 0 aliphatic rings. The second kappa shape index (κ2) is 8.08. The Bertz CT molecular complexity index is 326. The first-order valence-corrected chi connectivity index (χ1v) is 6.24. The van der Waals surface area contributed by atoms with Gasteiger partial charge in [-0.25, -0.2) is 0 Å². The van der Waals surface area contributed by atoms with Crippen LogP contribution in [0.1, 0.15) is 18.6 Å². The van der Waals surface area contributed by atoms with E-state index in [0.29, 0.717) is 13.2 Å². The first kappa shape index (κ1) is 15.0. The second-order valence-electron chi connectivity index (χ2n) is 4.17. The summed E-state index contributed by atoms with van der Waals surface area (Å²) in [5, 5.41) is 10.2. The Kier molecular flexibility index (Phi) is 6.72. The molecule has 0 bridgehead atoms. The van der Waals surface area contributed by atoms with Gasteiger partial charge in [0, 0.05) is 20.2 Å². The van der Waals surface area contributed by atoms with E-state index in [0.717, 1.165) is 24.4 Å². The molecule has 1 unspecified atom stereocenters. The summed E-state index contributed by atoms with van der Waals surface area (Å²) in [5.74, 6) is 0.803. The van der Waals surface area contributed by atoms with Crippen molar-refractivity contribution in [3.8, 4) is 5.75 Å². The molecule has 1 aromatic rings. The highest BCUT2D eigenvalue weighted by Gasteiger charge is 2.12. The number of likely N-dealkylation sites (N-methyl/N-ethyl adjacent to an activating group) is 1. The van der Waals surface area contributed by atoms with Crippen LogP contribution >= 0.6 is 0 Å². The van der Waals surface area contributed by atoms with Crippen molar-refractivity contribution in [1.82, 2.24) is 4.90 Å². The minimum atomic E-state index is -0.479. The highest BCUT2D eigenvalue weighted by Crippen LogP contribution is 2.18. The fraction of sp³-hybridized carbons (Fsp3) is 0.571. The molecule has 0 aliphatic heterocycles. The molecule has 0 saturated carbocycles. The molecular formula is C14H23NO3. The topological polar surface area (TPSA) is 41.9 Å². The summed E-state index contributed by atoms with van der Waals surface area (Å²) in [5.41, 5.74) is 0.909. The van der Waals surface area contributed by atoms with Crippen molar-refractivity contribution in [2.45, 2.75) is 13.0 Å². The molecule has 0 spiro atoms. The molecule has 0 aromatic heterocycles. The molecule has 4 nitrogen and oxygen atoms in total. The Labute approximate surface area is 109 Å². The third-order valence-electron chi connectivity index (χ3n) is 2.99. The molecule has 0 heterocycles. The van der Waals surface area contributed by atoms with Crippen LogP contribution in [0.3, 0.4) is 0 Å². The molecule has 0 aliphatic carbocycles. The van der Waals surface area contributed by atoms with E-state index in [1.807, 2.05) is 24.3 Å². The van der Waals surface area contributed by atoms with Crippen molar-refractivity contribution in [2.24, 2.45) is 0 Å². The van der Waals surface area contributed by atoms with Crippen molar-refractivity contribution in [1.29, 1.82) is 0 Å². The van der Waals surface area contributed by atoms with E-state index in [9.17, 15) is 5.11 Å². The first-order chi connectivity index (χ1) is 8.71. The van der Waals surface area contributed by atoms with Gasteiger partial charge in [0.25, 0.3) is 0 Å². The minimum absolute atomic E-state index is 0.479. The molecule has 0 fully saturated rings. The van der Waals surface area contributed by atoms with Crippen LogP contribution in [-0.4, -0.2) is 50.5 Å². The van der Waals surface area contributed by atoms with Gasteiger partial charge >= 0.3 is 0 Å². The number of aliphatic hydroxyl groups is 1. The number of hydrogen-bond donors (Lipinski definition) is 1. The van der Waals surface area contributed by atoms with Crippen LogP contribution in [0.4, 0.5) is 0 Å². The van der Waals surface area contributed by atoms with Crippen LogP contribution in [-0.2, 0) is 4.74 Å². The number of ether oxygens (including phenoxy) is 2. The van der Waals surface area contributed by atoms with Gasteiger partial charge in [0.15, 0.2) is 0 Å². The number of aliphatic hydroxyl groups excluding tert-OH is 1. The average Bonchev–Trinajstić information content (AvgIpc) is 2.43. The summed E-state index contributed by atoms with van der Waals surface area (Å²) in [6, 6.07) is 7.52. The van der Waals surface area contributed by atoms with E-state index in [1.165, 1.54) is 0 Å². The van der Waals surface area contributed by atoms with Gasteiger partial charge in [0.1, 0.15) is 5.75 Å². The Morgan fingerprint density at radius 1 is 1.22 bits per heavy atom. The van der Waals surface area contributed by atoms with Gasteiger partial charge < -0.3 is 14.6 Å². The molecule has 0 amide bonds. The normalized spacial score (nSPS) is 12.7. The lowest BCUT2D eigenvalue weighted by Gasteiger charge is -2.23. The Hall–Kier alpha value is -1.10. The number of hydrogen-bond acceptors (Lipinski definition) is 4. The van der Waals surface area contributed by atoms with Crippen molar-refractivity contribution in [3.05, 3.63) is 29.8 Å². The van der Waals surface area contributed by atoms with Crippen LogP contribution in [0, 0.1) is 0 Å². The van der Waals surface area contributed by atoms with Gasteiger partial charge in [-0.1, -0.05) is 19.1 Å². The summed E-state index contributed by atoms with van der Waals surface area (Å²) in [6.45, 7) is 5.11. The highest BCUT2D eigenvalue weighted by molar-refractivity contribution is 5.28. The summed E-state index contributed by atoms with van der Waals surface area (Å²) in [7, 11) is 3.32. The molecule has 1 aromatic carbocycles. The van der Waals surface area contributed by atoms with Gasteiger partial charge in [-0.05, 0) is 24.2 Å². The van der Waals surface area contributed by atoms with E-state index in [2.05, 4.69) is 11.8 Å². The lowest BCUT2D eigenvalue weighted by Crippen LogP contribution is -2.31. The van der Waals surface area contributed by atoms with Crippen molar-refractivity contribution < 1.29 is 14.6 Å². The predicted molar refractivity (Wildman–Crippen MR) is 71.9 cm³/mol. The van der Waals surface area contributed by atoms with E-state index in [-0.39, 0.29) is 0 Å². The van der Waals surface area contributed by atoms with Crippen LogP contribution in [0.15, 0.2) is 24.3 Å². The maximum atomic E-state index is 10.2. The van der Waals surface area contributed by atoms with Crippen molar-refractivity contribution in [2.75, 3.05) is 40.5 Å². The maximum Gasteiger partial charge on any atom is 0.118 e. The van der Waals surface area contributed by atoms with Gasteiger partial charge in [0.2, 0.25) is 0 Å². The number of nitrogens with zero attached hydrogens (tertiary/aromatic N) is 1. The number of methoxy groups -OCH3 is 2. The van der Waals surface area contributed by atoms with Crippen LogP contribution in [0.25, 0.3) is 0 Å². The third kappa shape index (κ3) is 4.64. The van der Waals surface area contributed by atoms with E-state index in [4.69, 9.17) is 9.47 Å². The lowest BCUT2D eigenvalue weighted by atomic mass is 10.1. The summed E-state index contributed by atoms with van der Waals surface area (Å²) in [6.07, 6.45) is -0.479. The first-order valence-electron chi connectivity index (χ1n) is 6.24. The van der Waals surface area contributed by atoms with Crippen LogP contribution < -0.4 is 4.74 Å². The van der Waals surface area contributed by atoms with E-state index >= 15 is 0 Å². The monoisotopic (exact) mass is 253 g/mol. The molecular weight excluding hydrogens is 230 g/mol. The van der Waals surface area contributed by atoms with Gasteiger partial charge in [-0.2, -0.15) is 0 Å². The van der Waals surface area contributed by atoms with E-state index < -0.39 is 6.10 Å². The largest absolute Gasteiger partial charge is 0.497 e. The SMILES string of the molecule is CCN(CCOC)CC(O)c1ccc(OC)cc1. The molecule has 4 heteroatoms. The standard InChI is InChI=1S/C14H23NO3/c1-4-15(9-10-17-2)11-14(16)12-5-7-13(18-3)8-6-12/h5-8,14,16H,4,9-11H2,1-3H3. The summed E-state index contributed by atoms with van der Waals surface area (Å²) in [4.78, 5) is 2.17. The maximum absolute atomic E-state index is 10.2. The van der Waals surface area contributed by atoms with Gasteiger partial charge in [-0.3, -0.25) is 4.90 Å². The smallest absolute Gasteiger partial charge is 0.118 e. The molecule has 1 N–H and O–H groups in total. The Morgan fingerprint density at radius 2 is 1.89 bits per heavy atom. The summed E-state index contributed by atoms with van der Waals surface area (Å²) >= 11 is 0. The Balaban J connectivity index is 2.53. The molecule has 102 valence electrons. The molecule has 1 rings (SSSR count). The molecule has 1 atom stereocenters. The Morgan fingerprint density at radius 3 is 2.39 bits per heavy atom. The zero-order valence-corrected chi connectivity index (χ0v) is 11.4. The molecule has 0 saturated heterocycles. The zero-order valence-electron chi connectivity index (χ0n) is 11.4. The fourth-order valence-corrected chi connectivity index (χ4v) is 1.77.